The van der Waals surface area contributed by atoms with Crippen LogP contribution in [0.1, 0.15) is 19.0 Å². The average molecular weight is 263 g/mol. The molecule has 0 amide bonds. The maximum atomic E-state index is 14.0. The summed E-state index contributed by atoms with van der Waals surface area (Å²) in [4.78, 5) is 13.8. The molecule has 0 aromatic carbocycles. The molecule has 0 unspecified atom stereocenters. The molecule has 0 aliphatic heterocycles. The smallest absolute Gasteiger partial charge is 0.187 e. The van der Waals surface area contributed by atoms with Gasteiger partial charge in [0.05, 0.1) is 12.0 Å². The molecular weight excluding hydrogens is 245 g/mol. The fourth-order valence-electron chi connectivity index (χ4n) is 1.92. The molecule has 0 fully saturated rings. The number of imidazole rings is 1. The number of rotatable bonds is 6. The lowest BCUT2D eigenvalue weighted by Gasteiger charge is -2.19. The van der Waals surface area contributed by atoms with Crippen LogP contribution in [0.2, 0.25) is 0 Å². The quantitative estimate of drug-likeness (QED) is 0.798. The Morgan fingerprint density at radius 3 is 2.89 bits per heavy atom. The highest BCUT2D eigenvalue weighted by molar-refractivity contribution is 5.39. The fraction of sp³-hybridized carbons (Fsp3) is 0.462. The first kappa shape index (κ1) is 13.5. The SMILES string of the molecule is CCc1ncnc(N(C)CCCn2ccnc2)c1F. The Kier molecular flexibility index (Phi) is 4.43. The van der Waals surface area contributed by atoms with Crippen LogP contribution in [0.15, 0.2) is 25.0 Å². The lowest BCUT2D eigenvalue weighted by molar-refractivity contribution is 0.579. The van der Waals surface area contributed by atoms with E-state index in [4.69, 9.17) is 0 Å². The summed E-state index contributed by atoms with van der Waals surface area (Å²) < 4.78 is 16.0. The zero-order valence-electron chi connectivity index (χ0n) is 11.3. The van der Waals surface area contributed by atoms with Crippen LogP contribution in [0.4, 0.5) is 10.2 Å². The van der Waals surface area contributed by atoms with Crippen molar-refractivity contribution in [1.82, 2.24) is 19.5 Å². The average Bonchev–Trinajstić information content (AvgIpc) is 2.92. The van der Waals surface area contributed by atoms with Gasteiger partial charge >= 0.3 is 0 Å². The van der Waals surface area contributed by atoms with Gasteiger partial charge in [0.15, 0.2) is 11.6 Å². The molecule has 0 saturated heterocycles. The molecule has 0 saturated carbocycles. The molecule has 0 N–H and O–H groups in total. The number of aryl methyl sites for hydroxylation is 2. The second-order valence-electron chi connectivity index (χ2n) is 4.39. The van der Waals surface area contributed by atoms with Crippen LogP contribution < -0.4 is 4.90 Å². The molecule has 0 aliphatic rings. The summed E-state index contributed by atoms with van der Waals surface area (Å²) in [6.45, 7) is 3.47. The van der Waals surface area contributed by atoms with Crippen molar-refractivity contribution in [2.45, 2.75) is 26.3 Å². The summed E-state index contributed by atoms with van der Waals surface area (Å²) in [6, 6.07) is 0. The molecule has 2 heterocycles. The van der Waals surface area contributed by atoms with Gasteiger partial charge in [0, 0.05) is 32.5 Å². The molecule has 102 valence electrons. The monoisotopic (exact) mass is 263 g/mol. The lowest BCUT2D eigenvalue weighted by atomic mass is 10.3. The van der Waals surface area contributed by atoms with E-state index in [9.17, 15) is 4.39 Å². The molecule has 0 radical (unpaired) electrons. The first-order valence-corrected chi connectivity index (χ1v) is 6.38. The Labute approximate surface area is 112 Å². The second kappa shape index (κ2) is 6.26. The van der Waals surface area contributed by atoms with Crippen LogP contribution >= 0.6 is 0 Å². The molecule has 2 aromatic rings. The molecule has 0 aliphatic carbocycles. The third-order valence-electron chi connectivity index (χ3n) is 3.01. The minimum atomic E-state index is -0.310. The second-order valence-corrected chi connectivity index (χ2v) is 4.39. The van der Waals surface area contributed by atoms with Gasteiger partial charge in [-0.15, -0.1) is 0 Å². The first-order valence-electron chi connectivity index (χ1n) is 6.38. The van der Waals surface area contributed by atoms with Crippen LogP contribution in [-0.2, 0) is 13.0 Å². The van der Waals surface area contributed by atoms with Gasteiger partial charge in [-0.2, -0.15) is 0 Å². The van der Waals surface area contributed by atoms with E-state index < -0.39 is 0 Å². The topological polar surface area (TPSA) is 46.8 Å². The number of nitrogens with zero attached hydrogens (tertiary/aromatic N) is 5. The Hall–Kier alpha value is -1.98. The van der Waals surface area contributed by atoms with Gasteiger partial charge in [0.25, 0.3) is 0 Å². The summed E-state index contributed by atoms with van der Waals surface area (Å²) in [5.74, 6) is 0.0626. The Balaban J connectivity index is 1.94. The van der Waals surface area contributed by atoms with E-state index >= 15 is 0 Å². The summed E-state index contributed by atoms with van der Waals surface area (Å²) in [7, 11) is 1.85. The van der Waals surface area contributed by atoms with Gasteiger partial charge in [-0.05, 0) is 12.8 Å². The van der Waals surface area contributed by atoms with Gasteiger partial charge in [-0.3, -0.25) is 0 Å². The van der Waals surface area contributed by atoms with Crippen LogP contribution in [0.25, 0.3) is 0 Å². The number of anilines is 1. The summed E-state index contributed by atoms with van der Waals surface area (Å²) in [5, 5.41) is 0. The Morgan fingerprint density at radius 2 is 2.21 bits per heavy atom. The molecule has 19 heavy (non-hydrogen) atoms. The highest BCUT2D eigenvalue weighted by Gasteiger charge is 2.13. The van der Waals surface area contributed by atoms with E-state index in [0.29, 0.717) is 17.9 Å². The lowest BCUT2D eigenvalue weighted by Crippen LogP contribution is -2.23. The van der Waals surface area contributed by atoms with Crippen molar-refractivity contribution in [2.75, 3.05) is 18.5 Å². The third kappa shape index (κ3) is 3.27. The Bertz CT molecular complexity index is 512. The highest BCUT2D eigenvalue weighted by atomic mass is 19.1. The molecule has 0 atom stereocenters. The summed E-state index contributed by atoms with van der Waals surface area (Å²) >= 11 is 0. The molecule has 0 spiro atoms. The van der Waals surface area contributed by atoms with Gasteiger partial charge < -0.3 is 9.47 Å². The predicted molar refractivity (Wildman–Crippen MR) is 71.5 cm³/mol. The minimum Gasteiger partial charge on any atom is -0.357 e. The number of halogens is 1. The van der Waals surface area contributed by atoms with Gasteiger partial charge in [-0.25, -0.2) is 19.3 Å². The van der Waals surface area contributed by atoms with E-state index in [2.05, 4.69) is 15.0 Å². The third-order valence-corrected chi connectivity index (χ3v) is 3.01. The number of hydrogen-bond donors (Lipinski definition) is 0. The standard InChI is InChI=1S/C13H18FN5/c1-3-11-12(14)13(17-9-16-11)18(2)6-4-7-19-8-5-15-10-19/h5,8-10H,3-4,6-7H2,1-2H3. The molecule has 6 heteroatoms. The Morgan fingerprint density at radius 1 is 1.37 bits per heavy atom. The maximum absolute atomic E-state index is 14.0. The zero-order chi connectivity index (χ0) is 13.7. The molecule has 5 nitrogen and oxygen atoms in total. The van der Waals surface area contributed by atoms with Crippen LogP contribution in [0, 0.1) is 5.82 Å². The number of aromatic nitrogens is 4. The van der Waals surface area contributed by atoms with E-state index in [1.54, 1.807) is 12.5 Å². The van der Waals surface area contributed by atoms with Crippen molar-refractivity contribution in [1.29, 1.82) is 0 Å². The van der Waals surface area contributed by atoms with Crippen LogP contribution in [0.3, 0.4) is 0 Å². The molecular formula is C13H18FN5. The van der Waals surface area contributed by atoms with Crippen molar-refractivity contribution in [3.63, 3.8) is 0 Å². The molecule has 2 aromatic heterocycles. The van der Waals surface area contributed by atoms with Gasteiger partial charge in [0.1, 0.15) is 6.33 Å². The zero-order valence-corrected chi connectivity index (χ0v) is 11.3. The normalized spacial score (nSPS) is 10.7. The fourth-order valence-corrected chi connectivity index (χ4v) is 1.92. The summed E-state index contributed by atoms with van der Waals surface area (Å²) in [6.07, 6.45) is 8.34. The van der Waals surface area contributed by atoms with Gasteiger partial charge in [-0.1, -0.05) is 6.92 Å². The van der Waals surface area contributed by atoms with Crippen LogP contribution in [-0.4, -0.2) is 33.1 Å². The largest absolute Gasteiger partial charge is 0.357 e. The minimum absolute atomic E-state index is 0.310. The molecule has 2 rings (SSSR count). The van der Waals surface area contributed by atoms with Crippen molar-refractivity contribution in [2.24, 2.45) is 0 Å². The highest BCUT2D eigenvalue weighted by Crippen LogP contribution is 2.17. The van der Waals surface area contributed by atoms with Crippen molar-refractivity contribution < 1.29 is 4.39 Å². The summed E-state index contributed by atoms with van der Waals surface area (Å²) in [5.41, 5.74) is 0.464. The van der Waals surface area contributed by atoms with Crippen molar-refractivity contribution in [3.8, 4) is 0 Å². The van der Waals surface area contributed by atoms with E-state index in [1.165, 1.54) is 6.33 Å². The first-order chi connectivity index (χ1) is 9.22. The van der Waals surface area contributed by atoms with Gasteiger partial charge in [0.2, 0.25) is 0 Å². The maximum Gasteiger partial charge on any atom is 0.187 e. The predicted octanol–water partition coefficient (Wildman–Crippen LogP) is 1.90. The van der Waals surface area contributed by atoms with Crippen molar-refractivity contribution >= 4 is 5.82 Å². The number of hydrogen-bond acceptors (Lipinski definition) is 4. The van der Waals surface area contributed by atoms with E-state index in [1.807, 2.05) is 29.6 Å². The molecule has 0 bridgehead atoms. The van der Waals surface area contributed by atoms with E-state index in [-0.39, 0.29) is 5.82 Å². The van der Waals surface area contributed by atoms with Crippen molar-refractivity contribution in [3.05, 3.63) is 36.6 Å². The van der Waals surface area contributed by atoms with Crippen LogP contribution in [0.5, 0.6) is 0 Å². The van der Waals surface area contributed by atoms with E-state index in [0.717, 1.165) is 19.5 Å².